The molecule has 0 aromatic heterocycles. The van der Waals surface area contributed by atoms with Crippen LogP contribution < -0.4 is 5.32 Å². The molecule has 0 aromatic rings. The van der Waals surface area contributed by atoms with Crippen LogP contribution in [0.2, 0.25) is 0 Å². The maximum atomic E-state index is 10.3. The van der Waals surface area contributed by atoms with Crippen molar-refractivity contribution in [2.75, 3.05) is 26.9 Å². The van der Waals surface area contributed by atoms with E-state index in [0.717, 1.165) is 19.4 Å². The molecule has 2 N–H and O–H groups in total. The molecule has 114 valence electrons. The number of hydrogen-bond acceptors (Lipinski definition) is 4. The smallest absolute Gasteiger partial charge is 0.0765 e. The average Bonchev–Trinajstić information content (AvgIpc) is 2.38. The van der Waals surface area contributed by atoms with Crippen LogP contribution in [-0.4, -0.2) is 49.7 Å². The summed E-state index contributed by atoms with van der Waals surface area (Å²) in [6.07, 6.45) is 3.14. The molecule has 0 heterocycles. The van der Waals surface area contributed by atoms with Gasteiger partial charge in [0.2, 0.25) is 0 Å². The number of ether oxygens (including phenoxy) is 2. The minimum atomic E-state index is -0.707. The van der Waals surface area contributed by atoms with Crippen LogP contribution in [0.25, 0.3) is 0 Å². The summed E-state index contributed by atoms with van der Waals surface area (Å²) in [6.45, 7) is 10.4. The molecule has 1 aliphatic carbocycles. The number of methoxy groups -OCH3 is 1. The van der Waals surface area contributed by atoms with Crippen LogP contribution in [0.4, 0.5) is 0 Å². The molecule has 4 nitrogen and oxygen atoms in total. The number of nitrogens with one attached hydrogen (secondary N) is 1. The highest BCUT2D eigenvalue weighted by atomic mass is 16.5. The van der Waals surface area contributed by atoms with E-state index in [2.05, 4.69) is 19.2 Å². The van der Waals surface area contributed by atoms with Gasteiger partial charge in [-0.2, -0.15) is 0 Å². The first-order valence-corrected chi connectivity index (χ1v) is 7.46. The first-order valence-electron chi connectivity index (χ1n) is 7.46. The van der Waals surface area contributed by atoms with Crippen LogP contribution in [0.15, 0.2) is 0 Å². The fourth-order valence-corrected chi connectivity index (χ4v) is 2.82. The van der Waals surface area contributed by atoms with Crippen LogP contribution >= 0.6 is 0 Å². The van der Waals surface area contributed by atoms with E-state index in [1.165, 1.54) is 0 Å². The molecule has 0 saturated heterocycles. The maximum Gasteiger partial charge on any atom is 0.0765 e. The SMILES string of the molecule is CCOC1CC(NCC(C)(O)CCOC)C1(C)CC. The third kappa shape index (κ3) is 4.15. The van der Waals surface area contributed by atoms with Crippen molar-refractivity contribution >= 4 is 0 Å². The summed E-state index contributed by atoms with van der Waals surface area (Å²) in [4.78, 5) is 0. The molecular weight excluding hydrogens is 242 g/mol. The lowest BCUT2D eigenvalue weighted by Gasteiger charge is -2.54. The van der Waals surface area contributed by atoms with Gasteiger partial charge in [-0.1, -0.05) is 13.8 Å². The molecule has 4 unspecified atom stereocenters. The van der Waals surface area contributed by atoms with E-state index in [-0.39, 0.29) is 5.41 Å². The summed E-state index contributed by atoms with van der Waals surface area (Å²) in [6, 6.07) is 0.433. The Balaban J connectivity index is 2.42. The first-order chi connectivity index (χ1) is 8.89. The van der Waals surface area contributed by atoms with Crippen LogP contribution in [0.1, 0.15) is 47.0 Å². The minimum Gasteiger partial charge on any atom is -0.389 e. The second-order valence-corrected chi connectivity index (χ2v) is 6.21. The summed E-state index contributed by atoms with van der Waals surface area (Å²) in [5.74, 6) is 0. The van der Waals surface area contributed by atoms with E-state index in [1.54, 1.807) is 7.11 Å². The third-order valence-electron chi connectivity index (χ3n) is 4.69. The van der Waals surface area contributed by atoms with Crippen molar-refractivity contribution in [2.45, 2.75) is 64.7 Å². The van der Waals surface area contributed by atoms with E-state index >= 15 is 0 Å². The van der Waals surface area contributed by atoms with Gasteiger partial charge in [-0.15, -0.1) is 0 Å². The molecule has 0 amide bonds. The van der Waals surface area contributed by atoms with Crippen molar-refractivity contribution in [3.8, 4) is 0 Å². The summed E-state index contributed by atoms with van der Waals surface area (Å²) in [7, 11) is 1.66. The van der Waals surface area contributed by atoms with Gasteiger partial charge in [-0.05, 0) is 26.7 Å². The predicted molar refractivity (Wildman–Crippen MR) is 77.3 cm³/mol. The largest absolute Gasteiger partial charge is 0.389 e. The first kappa shape index (κ1) is 16.9. The Bertz CT molecular complexity index is 270. The molecule has 1 saturated carbocycles. The fraction of sp³-hybridized carbons (Fsp3) is 1.00. The minimum absolute atomic E-state index is 0.188. The molecule has 0 aliphatic heterocycles. The zero-order valence-corrected chi connectivity index (χ0v) is 13.2. The number of aliphatic hydroxyl groups is 1. The van der Waals surface area contributed by atoms with Crippen molar-refractivity contribution in [3.63, 3.8) is 0 Å². The van der Waals surface area contributed by atoms with Gasteiger partial charge < -0.3 is 19.9 Å². The second kappa shape index (κ2) is 7.02. The van der Waals surface area contributed by atoms with Crippen molar-refractivity contribution < 1.29 is 14.6 Å². The van der Waals surface area contributed by atoms with E-state index in [0.29, 0.717) is 31.7 Å². The summed E-state index contributed by atoms with van der Waals surface area (Å²) < 4.78 is 10.8. The molecule has 1 rings (SSSR count). The number of hydrogen-bond donors (Lipinski definition) is 2. The lowest BCUT2D eigenvalue weighted by Crippen LogP contribution is -2.63. The predicted octanol–water partition coefficient (Wildman–Crippen LogP) is 1.96. The van der Waals surface area contributed by atoms with E-state index in [4.69, 9.17) is 9.47 Å². The van der Waals surface area contributed by atoms with Crippen LogP contribution in [0.5, 0.6) is 0 Å². The van der Waals surface area contributed by atoms with Crippen LogP contribution in [0, 0.1) is 5.41 Å². The zero-order valence-electron chi connectivity index (χ0n) is 13.2. The van der Waals surface area contributed by atoms with Gasteiger partial charge in [0.1, 0.15) is 0 Å². The third-order valence-corrected chi connectivity index (χ3v) is 4.69. The Morgan fingerprint density at radius 3 is 2.63 bits per heavy atom. The van der Waals surface area contributed by atoms with Gasteiger partial charge in [0, 0.05) is 44.7 Å². The fourth-order valence-electron chi connectivity index (χ4n) is 2.82. The summed E-state index contributed by atoms with van der Waals surface area (Å²) in [5.41, 5.74) is -0.519. The van der Waals surface area contributed by atoms with Crippen LogP contribution in [-0.2, 0) is 9.47 Å². The van der Waals surface area contributed by atoms with E-state index < -0.39 is 5.60 Å². The second-order valence-electron chi connectivity index (χ2n) is 6.21. The standard InChI is InChI=1S/C15H31NO3/c1-6-15(4)12(10-13(15)19-7-2)16-11-14(3,17)8-9-18-5/h12-13,16-17H,6-11H2,1-5H3. The van der Waals surface area contributed by atoms with Crippen LogP contribution in [0.3, 0.4) is 0 Å². The molecular formula is C15H31NO3. The topological polar surface area (TPSA) is 50.7 Å². The Hall–Kier alpha value is -0.160. The van der Waals surface area contributed by atoms with Gasteiger partial charge in [-0.3, -0.25) is 0 Å². The molecule has 19 heavy (non-hydrogen) atoms. The van der Waals surface area contributed by atoms with E-state index in [1.807, 2.05) is 13.8 Å². The highest BCUT2D eigenvalue weighted by molar-refractivity contribution is 5.05. The lowest BCUT2D eigenvalue weighted by molar-refractivity contribution is -0.129. The molecule has 4 atom stereocenters. The normalized spacial score (nSPS) is 33.8. The lowest BCUT2D eigenvalue weighted by atomic mass is 9.61. The Morgan fingerprint density at radius 2 is 2.11 bits per heavy atom. The van der Waals surface area contributed by atoms with E-state index in [9.17, 15) is 5.11 Å². The average molecular weight is 273 g/mol. The van der Waals surface area contributed by atoms with Gasteiger partial charge in [0.25, 0.3) is 0 Å². The van der Waals surface area contributed by atoms with Crippen molar-refractivity contribution in [2.24, 2.45) is 5.41 Å². The van der Waals surface area contributed by atoms with Crippen molar-refractivity contribution in [1.29, 1.82) is 0 Å². The van der Waals surface area contributed by atoms with Gasteiger partial charge in [-0.25, -0.2) is 0 Å². The summed E-state index contributed by atoms with van der Waals surface area (Å²) in [5, 5.41) is 13.8. The van der Waals surface area contributed by atoms with Crippen molar-refractivity contribution in [1.82, 2.24) is 5.32 Å². The molecule has 0 spiro atoms. The highest BCUT2D eigenvalue weighted by Gasteiger charge is 2.51. The van der Waals surface area contributed by atoms with Crippen molar-refractivity contribution in [3.05, 3.63) is 0 Å². The molecule has 0 aromatic carbocycles. The zero-order chi connectivity index (χ0) is 14.5. The quantitative estimate of drug-likeness (QED) is 0.674. The Kier molecular flexibility index (Phi) is 6.24. The Morgan fingerprint density at radius 1 is 1.42 bits per heavy atom. The van der Waals surface area contributed by atoms with Gasteiger partial charge >= 0.3 is 0 Å². The van der Waals surface area contributed by atoms with Gasteiger partial charge in [0.05, 0.1) is 11.7 Å². The highest BCUT2D eigenvalue weighted by Crippen LogP contribution is 2.45. The molecule has 0 bridgehead atoms. The Labute approximate surface area is 117 Å². The number of rotatable bonds is 9. The molecule has 1 fully saturated rings. The molecule has 0 radical (unpaired) electrons. The van der Waals surface area contributed by atoms with Gasteiger partial charge in [0.15, 0.2) is 0 Å². The maximum absolute atomic E-state index is 10.3. The summed E-state index contributed by atoms with van der Waals surface area (Å²) >= 11 is 0. The monoisotopic (exact) mass is 273 g/mol. The molecule has 1 aliphatic rings. The molecule has 4 heteroatoms.